The van der Waals surface area contributed by atoms with Crippen molar-refractivity contribution in [2.75, 3.05) is 36.4 Å². The van der Waals surface area contributed by atoms with Crippen LogP contribution in [0.2, 0.25) is 0 Å². The van der Waals surface area contributed by atoms with Gasteiger partial charge in [-0.15, -0.1) is 0 Å². The van der Waals surface area contributed by atoms with Crippen molar-refractivity contribution in [2.45, 2.75) is 0 Å². The van der Waals surface area contributed by atoms with Crippen LogP contribution in [-0.2, 0) is 0 Å². The monoisotopic (exact) mass is 330 g/mol. The van der Waals surface area contributed by atoms with E-state index in [0.29, 0.717) is 17.6 Å². The number of halogens is 1. The zero-order chi connectivity index (χ0) is 16.8. The van der Waals surface area contributed by atoms with Crippen molar-refractivity contribution in [3.8, 4) is 0 Å². The first-order chi connectivity index (χ1) is 11.7. The first-order valence-electron chi connectivity index (χ1n) is 7.60. The van der Waals surface area contributed by atoms with Crippen molar-refractivity contribution in [1.82, 2.24) is 20.7 Å². The second-order valence-corrected chi connectivity index (χ2v) is 5.21. The van der Waals surface area contributed by atoms with Gasteiger partial charge in [0.1, 0.15) is 18.0 Å². The smallest absolute Gasteiger partial charge is 0.229 e. The van der Waals surface area contributed by atoms with E-state index in [2.05, 4.69) is 35.9 Å². The summed E-state index contributed by atoms with van der Waals surface area (Å²) in [5.41, 5.74) is 3.08. The Kier molecular flexibility index (Phi) is 5.14. The van der Waals surface area contributed by atoms with Gasteiger partial charge < -0.3 is 21.0 Å². The second kappa shape index (κ2) is 7.66. The summed E-state index contributed by atoms with van der Waals surface area (Å²) in [6.45, 7) is 3.39. The molecule has 0 aliphatic carbocycles. The number of aliphatic imine (C=N–C) groups is 1. The average Bonchev–Trinajstić information content (AvgIpc) is 2.62. The van der Waals surface area contributed by atoms with Crippen LogP contribution in [0.3, 0.4) is 0 Å². The van der Waals surface area contributed by atoms with Gasteiger partial charge >= 0.3 is 0 Å². The van der Waals surface area contributed by atoms with Gasteiger partial charge in [-0.2, -0.15) is 9.97 Å². The van der Waals surface area contributed by atoms with Crippen molar-refractivity contribution in [3.05, 3.63) is 36.1 Å². The molecule has 1 fully saturated rings. The van der Waals surface area contributed by atoms with Crippen LogP contribution >= 0.6 is 0 Å². The molecule has 1 aromatic carbocycles. The number of hydrazine groups is 1. The Bertz CT molecular complexity index is 697. The van der Waals surface area contributed by atoms with E-state index in [1.54, 1.807) is 18.2 Å². The van der Waals surface area contributed by atoms with Crippen LogP contribution in [0.25, 0.3) is 0 Å². The highest BCUT2D eigenvalue weighted by Crippen LogP contribution is 2.22. The molecule has 1 aromatic heterocycles. The molecule has 8 nitrogen and oxygen atoms in total. The fourth-order valence-electron chi connectivity index (χ4n) is 2.34. The highest BCUT2D eigenvalue weighted by Gasteiger charge is 2.15. The Labute approximate surface area is 139 Å². The fraction of sp³-hybridized carbons (Fsp3) is 0.267. The third-order valence-electron chi connectivity index (χ3n) is 3.49. The third-order valence-corrected chi connectivity index (χ3v) is 3.49. The first kappa shape index (κ1) is 16.1. The number of anilines is 3. The Morgan fingerprint density at radius 1 is 1.21 bits per heavy atom. The first-order valence-corrected chi connectivity index (χ1v) is 7.60. The highest BCUT2D eigenvalue weighted by atomic mass is 19.1. The van der Waals surface area contributed by atoms with Gasteiger partial charge in [-0.1, -0.05) is 0 Å². The molecule has 0 bridgehead atoms. The van der Waals surface area contributed by atoms with E-state index in [4.69, 9.17) is 5.84 Å². The molecule has 126 valence electrons. The Morgan fingerprint density at radius 3 is 2.67 bits per heavy atom. The Hall–Kier alpha value is -2.78. The van der Waals surface area contributed by atoms with Gasteiger partial charge in [0.15, 0.2) is 5.82 Å². The van der Waals surface area contributed by atoms with E-state index >= 15 is 0 Å². The summed E-state index contributed by atoms with van der Waals surface area (Å²) < 4.78 is 13.0. The van der Waals surface area contributed by atoms with Gasteiger partial charge in [0, 0.05) is 37.9 Å². The number of aromatic nitrogens is 2. The summed E-state index contributed by atoms with van der Waals surface area (Å²) in [5.74, 6) is 6.57. The quantitative estimate of drug-likeness (QED) is 0.279. The lowest BCUT2D eigenvalue weighted by Gasteiger charge is -2.27. The number of benzene rings is 1. The molecule has 24 heavy (non-hydrogen) atoms. The molecular formula is C15H19FN8. The largest absolute Gasteiger partial charge is 0.340 e. The van der Waals surface area contributed by atoms with Crippen LogP contribution < -0.4 is 26.8 Å². The van der Waals surface area contributed by atoms with Crippen LogP contribution in [0.1, 0.15) is 0 Å². The summed E-state index contributed by atoms with van der Waals surface area (Å²) in [7, 11) is 0. The Balaban J connectivity index is 1.88. The maximum absolute atomic E-state index is 13.0. The molecular weight excluding hydrogens is 311 g/mol. The van der Waals surface area contributed by atoms with Gasteiger partial charge in [-0.25, -0.2) is 15.2 Å². The molecule has 0 radical (unpaired) electrons. The molecule has 1 aliphatic rings. The fourth-order valence-corrected chi connectivity index (χ4v) is 2.34. The van der Waals surface area contributed by atoms with Crippen LogP contribution in [-0.4, -0.2) is 42.5 Å². The maximum atomic E-state index is 13.0. The molecule has 2 heterocycles. The average molecular weight is 330 g/mol. The zero-order valence-corrected chi connectivity index (χ0v) is 13.0. The lowest BCUT2D eigenvalue weighted by molar-refractivity contribution is 0.580. The van der Waals surface area contributed by atoms with Crippen LogP contribution in [0.15, 0.2) is 35.3 Å². The standard InChI is InChI=1S/C15H19FN8/c16-11-1-3-12(4-2-11)21-14-9-13(19-10-20-17)22-15(23-14)24-7-5-18-6-8-24/h1-4,9-10,18H,5-8,17H2,(H2,19,20,21,22,23). The van der Waals surface area contributed by atoms with E-state index in [1.165, 1.54) is 18.5 Å². The minimum atomic E-state index is -0.288. The molecule has 0 saturated carbocycles. The summed E-state index contributed by atoms with van der Waals surface area (Å²) in [6.07, 6.45) is 1.35. The molecule has 1 aliphatic heterocycles. The number of nitrogens with two attached hydrogens (primary N) is 1. The van der Waals surface area contributed by atoms with Gasteiger partial charge in [-0.05, 0) is 24.3 Å². The molecule has 9 heteroatoms. The molecule has 1 saturated heterocycles. The molecule has 0 atom stereocenters. The predicted octanol–water partition coefficient (Wildman–Crippen LogP) is 0.892. The molecule has 2 aromatic rings. The van der Waals surface area contributed by atoms with E-state index in [0.717, 1.165) is 31.9 Å². The molecule has 3 rings (SSSR count). The van der Waals surface area contributed by atoms with Gasteiger partial charge in [0.25, 0.3) is 0 Å². The number of nitrogens with zero attached hydrogens (tertiary/aromatic N) is 4. The minimum Gasteiger partial charge on any atom is -0.340 e. The molecule has 0 amide bonds. The number of rotatable bonds is 5. The Morgan fingerprint density at radius 2 is 1.96 bits per heavy atom. The van der Waals surface area contributed by atoms with Crippen molar-refractivity contribution < 1.29 is 4.39 Å². The molecule has 0 unspecified atom stereocenters. The third kappa shape index (κ3) is 4.15. The number of hydrogen-bond acceptors (Lipinski definition) is 7. The van der Waals surface area contributed by atoms with E-state index in [9.17, 15) is 4.39 Å². The van der Waals surface area contributed by atoms with Crippen molar-refractivity contribution in [1.29, 1.82) is 0 Å². The van der Waals surface area contributed by atoms with Crippen LogP contribution in [0.5, 0.6) is 0 Å². The summed E-state index contributed by atoms with van der Waals surface area (Å²) in [4.78, 5) is 15.2. The van der Waals surface area contributed by atoms with Gasteiger partial charge in [-0.3, -0.25) is 0 Å². The van der Waals surface area contributed by atoms with Crippen molar-refractivity contribution >= 4 is 29.6 Å². The number of piperazine rings is 1. The zero-order valence-electron chi connectivity index (χ0n) is 13.0. The van der Waals surface area contributed by atoms with Gasteiger partial charge in [0.2, 0.25) is 5.95 Å². The summed E-state index contributed by atoms with van der Waals surface area (Å²) in [6, 6.07) is 7.76. The van der Waals surface area contributed by atoms with E-state index in [-0.39, 0.29) is 5.82 Å². The number of hydrogen-bond donors (Lipinski definition) is 4. The van der Waals surface area contributed by atoms with Crippen LogP contribution in [0.4, 0.5) is 27.7 Å². The lowest BCUT2D eigenvalue weighted by Crippen LogP contribution is -2.44. The predicted molar refractivity (Wildman–Crippen MR) is 92.3 cm³/mol. The van der Waals surface area contributed by atoms with Crippen molar-refractivity contribution in [2.24, 2.45) is 10.8 Å². The maximum Gasteiger partial charge on any atom is 0.229 e. The van der Waals surface area contributed by atoms with Crippen molar-refractivity contribution in [3.63, 3.8) is 0 Å². The van der Waals surface area contributed by atoms with E-state index in [1.807, 2.05) is 0 Å². The SMILES string of the molecule is NNC=Nc1cc(Nc2ccc(F)cc2)nc(N2CCNCC2)n1. The topological polar surface area (TPSA) is 103 Å². The second-order valence-electron chi connectivity index (χ2n) is 5.21. The molecule has 5 N–H and O–H groups in total. The highest BCUT2D eigenvalue weighted by molar-refractivity contribution is 5.64. The minimum absolute atomic E-state index is 0.288. The summed E-state index contributed by atoms with van der Waals surface area (Å²) >= 11 is 0. The number of nitrogens with one attached hydrogen (secondary N) is 3. The lowest BCUT2D eigenvalue weighted by atomic mass is 10.3. The normalized spacial score (nSPS) is 14.8. The van der Waals surface area contributed by atoms with Gasteiger partial charge in [0.05, 0.1) is 0 Å². The summed E-state index contributed by atoms with van der Waals surface area (Å²) in [5, 5.41) is 6.43. The van der Waals surface area contributed by atoms with E-state index < -0.39 is 0 Å². The van der Waals surface area contributed by atoms with Crippen LogP contribution in [0, 0.1) is 5.82 Å². The molecule has 0 spiro atoms.